The Morgan fingerprint density at radius 3 is 2.21 bits per heavy atom. The molecule has 1 N–H and O–H groups in total. The second-order valence-electron chi connectivity index (χ2n) is 21.4. The molecule has 6 aliphatic rings. The molecular formula is C56H65Cl2N9O6. The Balaban J connectivity index is 0.636. The molecule has 73 heavy (non-hydrogen) atoms. The van der Waals surface area contributed by atoms with Crippen molar-refractivity contribution in [3.63, 3.8) is 0 Å². The third-order valence-electron chi connectivity index (χ3n) is 16.8. The molecule has 7 heterocycles. The van der Waals surface area contributed by atoms with Crippen LogP contribution in [0.5, 0.6) is 11.5 Å². The molecule has 1 unspecified atom stereocenters. The number of nitriles is 1. The minimum absolute atomic E-state index is 0.104. The van der Waals surface area contributed by atoms with Crippen LogP contribution in [-0.4, -0.2) is 132 Å². The first-order chi connectivity index (χ1) is 35.3. The molecule has 1 spiro atoms. The van der Waals surface area contributed by atoms with Crippen LogP contribution < -0.4 is 24.6 Å². The van der Waals surface area contributed by atoms with Crippen molar-refractivity contribution >= 4 is 58.5 Å². The number of fused-ring (bicyclic) bond motifs is 1. The Bertz CT molecular complexity index is 2750. The van der Waals surface area contributed by atoms with E-state index in [-0.39, 0.29) is 25.4 Å². The number of imide groups is 2. The van der Waals surface area contributed by atoms with E-state index in [1.54, 1.807) is 6.07 Å². The smallest absolute Gasteiger partial charge is 0.262 e. The maximum atomic E-state index is 13.4. The lowest BCUT2D eigenvalue weighted by molar-refractivity contribution is -0.136. The number of ether oxygens (including phenoxy) is 2. The molecule has 1 aromatic heterocycles. The number of anilines is 2. The Hall–Kier alpha value is -5.79. The van der Waals surface area contributed by atoms with Crippen LogP contribution in [0.25, 0.3) is 0 Å². The standard InChI is InChI=1S/C56H65Cl2N9O6/c1-55(2,40-31-38(34-59)50(47(58)32-40)72-30-20-57)39-3-6-44(7-4-39)73-36-41-11-21-60-54(61-41)66-28-18-56(19-29-66)16-26-65(27-17-56)42-14-22-63(23-15-42)35-37-12-24-64(25-13-37)43-5-8-45-46(33-43)53(71)67(52(45)70)48-9-10-49(68)62-51(48)69/h3-8,11,21,31-33,37,42,48H,9-10,12-20,22-30,35-36H2,1-2H3,(H,62,68,69). The highest BCUT2D eigenvalue weighted by Crippen LogP contribution is 2.43. The number of rotatable bonds is 14. The van der Waals surface area contributed by atoms with Crippen LogP contribution >= 0.6 is 23.2 Å². The summed E-state index contributed by atoms with van der Waals surface area (Å²) >= 11 is 12.4. The van der Waals surface area contributed by atoms with Gasteiger partial charge < -0.3 is 29.1 Å². The van der Waals surface area contributed by atoms with Crippen LogP contribution in [0.3, 0.4) is 0 Å². The maximum Gasteiger partial charge on any atom is 0.262 e. The van der Waals surface area contributed by atoms with Gasteiger partial charge in [-0.05, 0) is 155 Å². The quantitative estimate of drug-likeness (QED) is 0.0956. The molecule has 0 saturated carbocycles. The van der Waals surface area contributed by atoms with Gasteiger partial charge in [0.25, 0.3) is 11.8 Å². The lowest BCUT2D eigenvalue weighted by atomic mass is 9.71. The summed E-state index contributed by atoms with van der Waals surface area (Å²) in [6, 6.07) is 21.0. The summed E-state index contributed by atoms with van der Waals surface area (Å²) in [6.07, 6.45) is 11.5. The van der Waals surface area contributed by atoms with Crippen molar-refractivity contribution in [3.8, 4) is 17.6 Å². The Kier molecular flexibility index (Phi) is 15.0. The first-order valence-electron chi connectivity index (χ1n) is 26.1. The fourth-order valence-electron chi connectivity index (χ4n) is 12.1. The first-order valence-corrected chi connectivity index (χ1v) is 27.0. The molecule has 0 aliphatic carbocycles. The van der Waals surface area contributed by atoms with E-state index in [4.69, 9.17) is 37.7 Å². The predicted octanol–water partition coefficient (Wildman–Crippen LogP) is 7.99. The number of nitrogens with one attached hydrogen (secondary N) is 1. The minimum atomic E-state index is -0.958. The van der Waals surface area contributed by atoms with Crippen LogP contribution in [0.4, 0.5) is 11.6 Å². The summed E-state index contributed by atoms with van der Waals surface area (Å²) in [5, 5.41) is 12.5. The number of carbonyl (C=O) groups excluding carboxylic acids is 4. The Morgan fingerprint density at radius 1 is 0.795 bits per heavy atom. The maximum absolute atomic E-state index is 13.4. The number of amides is 4. The van der Waals surface area contributed by atoms with Crippen molar-refractivity contribution in [3.05, 3.63) is 105 Å². The van der Waals surface area contributed by atoms with Gasteiger partial charge in [-0.3, -0.25) is 29.4 Å². The van der Waals surface area contributed by atoms with Gasteiger partial charge in [0.2, 0.25) is 17.8 Å². The van der Waals surface area contributed by atoms with E-state index in [1.807, 2.05) is 60.8 Å². The van der Waals surface area contributed by atoms with Crippen molar-refractivity contribution in [1.29, 1.82) is 5.26 Å². The summed E-state index contributed by atoms with van der Waals surface area (Å²) in [6.45, 7) is 14.3. The van der Waals surface area contributed by atoms with Gasteiger partial charge >= 0.3 is 0 Å². The zero-order valence-corrected chi connectivity index (χ0v) is 43.4. The lowest BCUT2D eigenvalue weighted by Crippen LogP contribution is -2.54. The third kappa shape index (κ3) is 10.8. The monoisotopic (exact) mass is 1030 g/mol. The van der Waals surface area contributed by atoms with Gasteiger partial charge in [0, 0.05) is 62.5 Å². The predicted molar refractivity (Wildman–Crippen MR) is 280 cm³/mol. The molecule has 4 amide bonds. The molecule has 5 fully saturated rings. The average molecular weight is 1030 g/mol. The number of benzene rings is 3. The minimum Gasteiger partial charge on any atom is -0.489 e. The number of halogens is 2. The molecular weight excluding hydrogens is 966 g/mol. The van der Waals surface area contributed by atoms with Gasteiger partial charge in [-0.15, -0.1) is 11.6 Å². The fourth-order valence-corrected chi connectivity index (χ4v) is 12.5. The van der Waals surface area contributed by atoms with Crippen LogP contribution in [0.15, 0.2) is 66.9 Å². The van der Waals surface area contributed by atoms with Gasteiger partial charge in [0.1, 0.15) is 31.1 Å². The molecule has 0 bridgehead atoms. The van der Waals surface area contributed by atoms with Crippen molar-refractivity contribution in [2.45, 2.75) is 102 Å². The van der Waals surface area contributed by atoms with E-state index in [1.165, 1.54) is 38.8 Å². The van der Waals surface area contributed by atoms with Crippen molar-refractivity contribution in [2.75, 3.05) is 81.2 Å². The number of hydrogen-bond donors (Lipinski definition) is 1. The zero-order valence-electron chi connectivity index (χ0n) is 41.9. The molecule has 10 rings (SSSR count). The number of aromatic nitrogens is 2. The van der Waals surface area contributed by atoms with E-state index in [0.717, 1.165) is 111 Å². The van der Waals surface area contributed by atoms with Crippen LogP contribution in [0.2, 0.25) is 5.02 Å². The van der Waals surface area contributed by atoms with Crippen LogP contribution in [-0.2, 0) is 21.6 Å². The highest BCUT2D eigenvalue weighted by Gasteiger charge is 2.45. The molecule has 3 aromatic carbocycles. The van der Waals surface area contributed by atoms with Crippen molar-refractivity contribution in [2.24, 2.45) is 11.3 Å². The summed E-state index contributed by atoms with van der Waals surface area (Å²) < 4.78 is 11.9. The van der Waals surface area contributed by atoms with Crippen molar-refractivity contribution < 1.29 is 28.7 Å². The summed E-state index contributed by atoms with van der Waals surface area (Å²) in [5.74, 6) is 0.901. The van der Waals surface area contributed by atoms with Gasteiger partial charge in [0.15, 0.2) is 5.75 Å². The zero-order chi connectivity index (χ0) is 50.9. The van der Waals surface area contributed by atoms with Gasteiger partial charge in [-0.1, -0.05) is 37.6 Å². The highest BCUT2D eigenvalue weighted by atomic mass is 35.5. The molecule has 0 radical (unpaired) electrons. The molecule has 384 valence electrons. The average Bonchev–Trinajstić information content (AvgIpc) is 3.65. The molecule has 1 atom stereocenters. The lowest BCUT2D eigenvalue weighted by Gasteiger charge is -2.49. The highest BCUT2D eigenvalue weighted by molar-refractivity contribution is 6.32. The second kappa shape index (κ2) is 21.6. The second-order valence-corrected chi connectivity index (χ2v) is 22.2. The number of likely N-dealkylation sites (tertiary alicyclic amines) is 2. The molecule has 5 saturated heterocycles. The third-order valence-corrected chi connectivity index (χ3v) is 17.3. The molecule has 17 heteroatoms. The largest absolute Gasteiger partial charge is 0.489 e. The van der Waals surface area contributed by atoms with E-state index >= 15 is 0 Å². The normalized spacial score (nSPS) is 21.4. The van der Waals surface area contributed by atoms with Gasteiger partial charge in [-0.2, -0.15) is 5.26 Å². The van der Waals surface area contributed by atoms with E-state index < -0.39 is 29.2 Å². The van der Waals surface area contributed by atoms with E-state index in [2.05, 4.69) is 49.8 Å². The number of hydrogen-bond acceptors (Lipinski definition) is 13. The molecule has 4 aromatic rings. The summed E-state index contributed by atoms with van der Waals surface area (Å²) in [4.78, 5) is 71.6. The van der Waals surface area contributed by atoms with Crippen LogP contribution in [0, 0.1) is 22.7 Å². The Morgan fingerprint density at radius 2 is 1.51 bits per heavy atom. The number of alkyl halides is 1. The Labute approximate surface area is 438 Å². The van der Waals surface area contributed by atoms with Crippen molar-refractivity contribution in [1.82, 2.24) is 30.0 Å². The molecule has 6 aliphatic heterocycles. The van der Waals surface area contributed by atoms with Crippen LogP contribution in [0.1, 0.15) is 121 Å². The van der Waals surface area contributed by atoms with E-state index in [9.17, 15) is 24.4 Å². The number of carbonyl (C=O) groups is 4. The topological polar surface area (TPSA) is 165 Å². The van der Waals surface area contributed by atoms with E-state index in [0.29, 0.717) is 57.3 Å². The summed E-state index contributed by atoms with van der Waals surface area (Å²) in [5.41, 5.74) is 4.71. The number of nitrogens with zero attached hydrogens (tertiary/aromatic N) is 8. The molecule has 15 nitrogen and oxygen atoms in total. The number of piperidine rings is 5. The first kappa shape index (κ1) is 50.7. The van der Waals surface area contributed by atoms with Gasteiger partial charge in [0.05, 0.1) is 33.3 Å². The van der Waals surface area contributed by atoms with Gasteiger partial charge in [-0.25, -0.2) is 9.97 Å². The summed E-state index contributed by atoms with van der Waals surface area (Å²) in [7, 11) is 0. The fraction of sp³-hybridized carbons (Fsp3) is 0.518. The SMILES string of the molecule is CC(C)(c1ccc(OCc2ccnc(N3CCC4(CC3)CCN(C3CCN(CC5CCN(c6ccc7c(c6)C(=O)N(C6CCC(=O)NC6=O)C7=O)CC5)CC3)CC4)n2)cc1)c1cc(Cl)c(OCCCl)c(C#N)c1.